The summed E-state index contributed by atoms with van der Waals surface area (Å²) in [5.74, 6) is 3.23. The maximum absolute atomic E-state index is 12.6. The molecule has 9 heteroatoms. The molecule has 2 aromatic rings. The molecular formula is C20H26N6O2S. The van der Waals surface area contributed by atoms with Gasteiger partial charge < -0.3 is 15.3 Å². The number of hydrogen-bond acceptors (Lipinski definition) is 8. The van der Waals surface area contributed by atoms with Gasteiger partial charge in [0.25, 0.3) is 0 Å². The van der Waals surface area contributed by atoms with Crippen LogP contribution < -0.4 is 10.2 Å². The molecule has 0 amide bonds. The number of piperidine rings is 1. The van der Waals surface area contributed by atoms with Gasteiger partial charge in [-0.3, -0.25) is 4.21 Å². The summed E-state index contributed by atoms with van der Waals surface area (Å²) in [4.78, 5) is 21.3. The lowest BCUT2D eigenvalue weighted by atomic mass is 9.77. The van der Waals surface area contributed by atoms with Crippen LogP contribution in [-0.2, 0) is 17.2 Å². The molecule has 0 spiro atoms. The number of aryl methyl sites for hydroxylation is 1. The van der Waals surface area contributed by atoms with Crippen LogP contribution in [-0.4, -0.2) is 60.2 Å². The predicted molar refractivity (Wildman–Crippen MR) is 111 cm³/mol. The number of nitrogens with zero attached hydrogens (tertiary/aromatic N) is 5. The van der Waals surface area contributed by atoms with Crippen LogP contribution in [0.3, 0.4) is 0 Å². The third-order valence-corrected chi connectivity index (χ3v) is 7.86. The van der Waals surface area contributed by atoms with Crippen molar-refractivity contribution >= 4 is 22.6 Å². The largest absolute Gasteiger partial charge is 0.394 e. The van der Waals surface area contributed by atoms with Gasteiger partial charge in [-0.05, 0) is 38.2 Å². The number of rotatable bonds is 5. The molecule has 2 N–H and O–H groups in total. The Morgan fingerprint density at radius 1 is 1.21 bits per heavy atom. The Bertz CT molecular complexity index is 907. The van der Waals surface area contributed by atoms with Crippen molar-refractivity contribution in [1.82, 2.24) is 19.9 Å². The number of anilines is 2. The van der Waals surface area contributed by atoms with Gasteiger partial charge in [-0.15, -0.1) is 0 Å². The summed E-state index contributed by atoms with van der Waals surface area (Å²) in [6.07, 6.45) is 9.14. The summed E-state index contributed by atoms with van der Waals surface area (Å²) in [6, 6.07) is 1.84. The highest BCUT2D eigenvalue weighted by atomic mass is 32.2. The van der Waals surface area contributed by atoms with Crippen molar-refractivity contribution in [1.29, 1.82) is 0 Å². The molecule has 1 saturated carbocycles. The van der Waals surface area contributed by atoms with Crippen LogP contribution in [0.25, 0.3) is 0 Å². The Morgan fingerprint density at radius 2 is 1.97 bits per heavy atom. The Morgan fingerprint density at radius 3 is 2.62 bits per heavy atom. The molecule has 5 rings (SSSR count). The van der Waals surface area contributed by atoms with Crippen LogP contribution in [0.4, 0.5) is 11.8 Å². The molecular weight excluding hydrogens is 388 g/mol. The molecule has 0 bridgehead atoms. The maximum atomic E-state index is 12.6. The summed E-state index contributed by atoms with van der Waals surface area (Å²) in [6.45, 7) is 1.75. The summed E-state index contributed by atoms with van der Waals surface area (Å²) in [7, 11) is -1.07. The molecule has 2 aromatic heterocycles. The van der Waals surface area contributed by atoms with Crippen molar-refractivity contribution in [3.63, 3.8) is 0 Å². The van der Waals surface area contributed by atoms with Crippen LogP contribution in [0, 0.1) is 0 Å². The van der Waals surface area contributed by atoms with E-state index in [-0.39, 0.29) is 12.1 Å². The second-order valence-corrected chi connectivity index (χ2v) is 9.74. The van der Waals surface area contributed by atoms with E-state index in [0.29, 0.717) is 29.9 Å². The van der Waals surface area contributed by atoms with Crippen molar-refractivity contribution in [3.8, 4) is 0 Å². The quantitative estimate of drug-likeness (QED) is 0.761. The number of aliphatic hydroxyl groups is 1. The molecule has 1 aliphatic carbocycles. The van der Waals surface area contributed by atoms with Crippen molar-refractivity contribution in [2.24, 2.45) is 0 Å². The van der Waals surface area contributed by atoms with E-state index in [1.165, 1.54) is 0 Å². The van der Waals surface area contributed by atoms with E-state index >= 15 is 0 Å². The first kappa shape index (κ1) is 18.9. The van der Waals surface area contributed by atoms with Gasteiger partial charge >= 0.3 is 0 Å². The van der Waals surface area contributed by atoms with Gasteiger partial charge in [-0.25, -0.2) is 15.0 Å². The third-order valence-electron chi connectivity index (χ3n) is 6.40. The van der Waals surface area contributed by atoms with Crippen molar-refractivity contribution in [2.45, 2.75) is 54.9 Å². The summed E-state index contributed by atoms with van der Waals surface area (Å²) in [5.41, 5.74) is 0.556. The molecule has 0 radical (unpaired) electrons. The van der Waals surface area contributed by atoms with E-state index in [2.05, 4.69) is 20.2 Å². The van der Waals surface area contributed by atoms with Crippen molar-refractivity contribution < 1.29 is 9.32 Å². The average Bonchev–Trinajstić information content (AvgIpc) is 3.12. The lowest BCUT2D eigenvalue weighted by Crippen LogP contribution is -2.48. The van der Waals surface area contributed by atoms with Crippen LogP contribution in [0.1, 0.15) is 49.5 Å². The normalized spacial score (nSPS) is 23.5. The van der Waals surface area contributed by atoms with Crippen LogP contribution in [0.5, 0.6) is 0 Å². The molecule has 1 saturated heterocycles. The van der Waals surface area contributed by atoms with Crippen molar-refractivity contribution in [3.05, 3.63) is 30.0 Å². The molecule has 29 heavy (non-hydrogen) atoms. The zero-order valence-corrected chi connectivity index (χ0v) is 17.2. The third kappa shape index (κ3) is 3.50. The van der Waals surface area contributed by atoms with E-state index in [9.17, 15) is 9.32 Å². The fourth-order valence-corrected chi connectivity index (χ4v) is 5.75. The first-order valence-electron chi connectivity index (χ1n) is 10.4. The molecule has 1 atom stereocenters. The number of aliphatic hydroxyl groups excluding tert-OH is 1. The molecule has 154 valence electrons. The Kier molecular flexibility index (Phi) is 4.95. The number of nitrogens with one attached hydrogen (secondary N) is 1. The monoisotopic (exact) mass is 414 g/mol. The second kappa shape index (κ2) is 7.60. The number of aromatic nitrogens is 4. The summed E-state index contributed by atoms with van der Waals surface area (Å²) < 4.78 is 12.6. The highest BCUT2D eigenvalue weighted by molar-refractivity contribution is 7.85. The van der Waals surface area contributed by atoms with Gasteiger partial charge in [0, 0.05) is 43.6 Å². The zero-order valence-electron chi connectivity index (χ0n) is 16.4. The zero-order chi connectivity index (χ0) is 19.8. The highest BCUT2D eigenvalue weighted by Crippen LogP contribution is 2.38. The minimum Gasteiger partial charge on any atom is -0.394 e. The second-order valence-electron chi connectivity index (χ2n) is 8.23. The summed E-state index contributed by atoms with van der Waals surface area (Å²) in [5, 5.41) is 13.3. The van der Waals surface area contributed by atoms with E-state index < -0.39 is 10.8 Å². The van der Waals surface area contributed by atoms with E-state index in [0.717, 1.165) is 61.6 Å². The first-order chi connectivity index (χ1) is 14.2. The maximum Gasteiger partial charge on any atom is 0.227 e. The van der Waals surface area contributed by atoms with Gasteiger partial charge in [0.15, 0.2) is 0 Å². The number of hydrogen-bond donors (Lipinski definition) is 2. The minimum absolute atomic E-state index is 0.0657. The van der Waals surface area contributed by atoms with Crippen LogP contribution in [0.15, 0.2) is 23.4 Å². The van der Waals surface area contributed by atoms with Gasteiger partial charge in [0.2, 0.25) is 5.95 Å². The Hall–Kier alpha value is -2.13. The fraction of sp³-hybridized carbons (Fsp3) is 0.600. The highest BCUT2D eigenvalue weighted by Gasteiger charge is 2.39. The van der Waals surface area contributed by atoms with E-state index in [1.54, 1.807) is 12.4 Å². The van der Waals surface area contributed by atoms with Gasteiger partial charge in [-0.2, -0.15) is 4.98 Å². The Labute approximate surface area is 172 Å². The van der Waals surface area contributed by atoms with Crippen molar-refractivity contribution in [2.75, 3.05) is 35.7 Å². The molecule has 3 aliphatic rings. The molecule has 4 heterocycles. The predicted octanol–water partition coefficient (Wildman–Crippen LogP) is 1.64. The first-order valence-corrected chi connectivity index (χ1v) is 11.7. The molecule has 2 fully saturated rings. The molecule has 2 aliphatic heterocycles. The van der Waals surface area contributed by atoms with Crippen LogP contribution in [0.2, 0.25) is 0 Å². The topological polar surface area (TPSA) is 104 Å². The molecule has 0 unspecified atom stereocenters. The minimum atomic E-state index is -1.07. The standard InChI is InChI=1S/C20H26N6O2S/c27-13-20(6-1-7-20)25-18-16-15(5-12-29(16)28)23-19(24-18)26-10-3-14(4-11-26)17-21-8-2-9-22-17/h2,8-9,14,27H,1,3-7,10-13H2,(H,23,24,25)/t29-/m1/s1. The van der Waals surface area contributed by atoms with Gasteiger partial charge in [0.1, 0.15) is 16.5 Å². The lowest BCUT2D eigenvalue weighted by Gasteiger charge is -2.42. The molecule has 0 aromatic carbocycles. The number of fused-ring (bicyclic) bond motifs is 1. The van der Waals surface area contributed by atoms with E-state index in [1.807, 2.05) is 6.07 Å². The Balaban J connectivity index is 1.38. The SMILES string of the molecule is O=[S@@]1CCc2nc(N3CCC(c4ncccn4)CC3)nc(NC3(CO)CCC3)c21. The smallest absolute Gasteiger partial charge is 0.227 e. The average molecular weight is 415 g/mol. The van der Waals surface area contributed by atoms with Gasteiger partial charge in [0.05, 0.1) is 28.6 Å². The van der Waals surface area contributed by atoms with E-state index in [4.69, 9.17) is 9.97 Å². The van der Waals surface area contributed by atoms with Gasteiger partial charge in [-0.1, -0.05) is 0 Å². The fourth-order valence-electron chi connectivity index (χ4n) is 4.45. The molecule has 8 nitrogen and oxygen atoms in total. The lowest BCUT2D eigenvalue weighted by molar-refractivity contribution is 0.143. The summed E-state index contributed by atoms with van der Waals surface area (Å²) >= 11 is 0. The van der Waals surface area contributed by atoms with Crippen LogP contribution >= 0.6 is 0 Å².